The smallest absolute Gasteiger partial charge is 0.327 e. The van der Waals surface area contributed by atoms with Gasteiger partial charge in [-0.05, 0) is 25.7 Å². The molecule has 124 valence electrons. The minimum Gasteiger partial charge on any atom is -0.424 e. The molecule has 4 rings (SSSR count). The van der Waals surface area contributed by atoms with Crippen LogP contribution in [0.15, 0.2) is 4.42 Å². The number of likely N-dealkylation sites (tertiary alicyclic amines) is 1. The van der Waals surface area contributed by atoms with Crippen LogP contribution in [0.1, 0.15) is 43.4 Å². The molecule has 0 unspecified atom stereocenters. The first-order valence-electron chi connectivity index (χ1n) is 8.12. The number of hydrogen-bond acceptors (Lipinski definition) is 6. The lowest BCUT2D eigenvalue weighted by Gasteiger charge is -2.40. The predicted octanol–water partition coefficient (Wildman–Crippen LogP) is 0.805. The fourth-order valence-corrected chi connectivity index (χ4v) is 3.60. The van der Waals surface area contributed by atoms with Gasteiger partial charge in [0.1, 0.15) is 5.54 Å². The van der Waals surface area contributed by atoms with E-state index >= 15 is 0 Å². The summed E-state index contributed by atoms with van der Waals surface area (Å²) >= 11 is 0. The second kappa shape index (κ2) is 5.02. The second-order valence-corrected chi connectivity index (χ2v) is 6.82. The van der Waals surface area contributed by atoms with Crippen LogP contribution in [0.3, 0.4) is 0 Å². The van der Waals surface area contributed by atoms with E-state index in [0.29, 0.717) is 31.2 Å². The average molecular weight is 319 g/mol. The Balaban J connectivity index is 1.40. The summed E-state index contributed by atoms with van der Waals surface area (Å²) in [7, 11) is 3.28. The van der Waals surface area contributed by atoms with Crippen LogP contribution in [-0.4, -0.2) is 69.6 Å². The highest BCUT2D eigenvalue weighted by Crippen LogP contribution is 2.39. The van der Waals surface area contributed by atoms with Gasteiger partial charge in [-0.25, -0.2) is 4.79 Å². The highest BCUT2D eigenvalue weighted by Gasteiger charge is 2.55. The molecule has 1 aromatic heterocycles. The molecule has 1 aliphatic carbocycles. The topological polar surface area (TPSA) is 82.8 Å². The molecule has 3 aliphatic rings. The molecule has 8 nitrogen and oxygen atoms in total. The van der Waals surface area contributed by atoms with Gasteiger partial charge >= 0.3 is 6.03 Å². The van der Waals surface area contributed by atoms with Crippen LogP contribution in [0, 0.1) is 0 Å². The fraction of sp³-hybridized carbons (Fsp3) is 0.733. The molecule has 0 bridgehead atoms. The predicted molar refractivity (Wildman–Crippen MR) is 79.4 cm³/mol. The van der Waals surface area contributed by atoms with Gasteiger partial charge < -0.3 is 9.32 Å². The maximum absolute atomic E-state index is 12.5. The van der Waals surface area contributed by atoms with Gasteiger partial charge in [-0.3, -0.25) is 14.6 Å². The molecule has 0 radical (unpaired) electrons. The van der Waals surface area contributed by atoms with Crippen LogP contribution in [-0.2, 0) is 11.3 Å². The molecule has 23 heavy (non-hydrogen) atoms. The highest BCUT2D eigenvalue weighted by molar-refractivity contribution is 6.06. The Hall–Kier alpha value is -1.96. The standard InChI is InChI=1S/C15H21N5O3/c1-18-13(21)15(19(2)14(18)22)5-7-20(8-6-15)9-11-16-17-12(23-11)10-3-4-10/h10H,3-9H2,1-2H3. The number of amides is 3. The lowest BCUT2D eigenvalue weighted by molar-refractivity contribution is -0.134. The number of carbonyl (C=O) groups is 2. The zero-order chi connectivity index (χ0) is 16.2. The number of nitrogens with zero attached hydrogens (tertiary/aromatic N) is 5. The Morgan fingerprint density at radius 2 is 1.87 bits per heavy atom. The summed E-state index contributed by atoms with van der Waals surface area (Å²) in [6.07, 6.45) is 3.57. The van der Waals surface area contributed by atoms with Crippen molar-refractivity contribution in [2.75, 3.05) is 27.2 Å². The number of hydrogen-bond donors (Lipinski definition) is 0. The van der Waals surface area contributed by atoms with Crippen molar-refractivity contribution in [3.05, 3.63) is 11.8 Å². The molecule has 3 amide bonds. The van der Waals surface area contributed by atoms with Gasteiger partial charge in [-0.2, -0.15) is 0 Å². The molecule has 8 heteroatoms. The van der Waals surface area contributed by atoms with E-state index in [0.717, 1.165) is 31.8 Å². The maximum Gasteiger partial charge on any atom is 0.327 e. The van der Waals surface area contributed by atoms with E-state index in [9.17, 15) is 9.59 Å². The zero-order valence-electron chi connectivity index (χ0n) is 13.5. The number of imide groups is 1. The molecule has 2 aliphatic heterocycles. The van der Waals surface area contributed by atoms with E-state index in [1.165, 1.54) is 4.90 Å². The third-order valence-corrected chi connectivity index (χ3v) is 5.37. The molecule has 3 fully saturated rings. The molecular weight excluding hydrogens is 298 g/mol. The molecule has 1 aromatic rings. The maximum atomic E-state index is 12.5. The first-order chi connectivity index (χ1) is 11.0. The highest BCUT2D eigenvalue weighted by atomic mass is 16.4. The summed E-state index contributed by atoms with van der Waals surface area (Å²) in [5, 5.41) is 8.22. The Kier molecular flexibility index (Phi) is 3.19. The molecular formula is C15H21N5O3. The van der Waals surface area contributed by atoms with Crippen LogP contribution in [0.4, 0.5) is 4.79 Å². The fourth-order valence-electron chi connectivity index (χ4n) is 3.60. The summed E-state index contributed by atoms with van der Waals surface area (Å²) in [5.41, 5.74) is -0.670. The molecule has 3 heterocycles. The van der Waals surface area contributed by atoms with Gasteiger partial charge in [0.05, 0.1) is 6.54 Å². The van der Waals surface area contributed by atoms with Gasteiger partial charge in [-0.15, -0.1) is 10.2 Å². The van der Waals surface area contributed by atoms with Crippen molar-refractivity contribution in [1.82, 2.24) is 24.9 Å². The number of urea groups is 1. The lowest BCUT2D eigenvalue weighted by Crippen LogP contribution is -2.55. The van der Waals surface area contributed by atoms with E-state index in [1.807, 2.05) is 0 Å². The lowest BCUT2D eigenvalue weighted by atomic mass is 9.86. The van der Waals surface area contributed by atoms with E-state index in [4.69, 9.17) is 4.42 Å². The second-order valence-electron chi connectivity index (χ2n) is 6.82. The Labute approximate surface area is 134 Å². The molecule has 0 atom stereocenters. The number of likely N-dealkylation sites (N-methyl/N-ethyl adjacent to an activating group) is 2. The van der Waals surface area contributed by atoms with Crippen molar-refractivity contribution in [3.8, 4) is 0 Å². The monoisotopic (exact) mass is 319 g/mol. The number of aromatic nitrogens is 2. The summed E-state index contributed by atoms with van der Waals surface area (Å²) < 4.78 is 5.70. The first kappa shape index (κ1) is 14.6. The van der Waals surface area contributed by atoms with E-state index in [1.54, 1.807) is 19.0 Å². The summed E-state index contributed by atoms with van der Waals surface area (Å²) in [6.45, 7) is 2.08. The summed E-state index contributed by atoms with van der Waals surface area (Å²) in [6, 6.07) is -0.213. The third-order valence-electron chi connectivity index (χ3n) is 5.37. The van der Waals surface area contributed by atoms with E-state index < -0.39 is 5.54 Å². The van der Waals surface area contributed by atoms with Crippen molar-refractivity contribution in [2.24, 2.45) is 0 Å². The summed E-state index contributed by atoms with van der Waals surface area (Å²) in [4.78, 5) is 29.5. The van der Waals surface area contributed by atoms with Crippen LogP contribution in [0.2, 0.25) is 0 Å². The first-order valence-corrected chi connectivity index (χ1v) is 8.12. The quantitative estimate of drug-likeness (QED) is 0.767. The van der Waals surface area contributed by atoms with Crippen molar-refractivity contribution in [1.29, 1.82) is 0 Å². The minimum absolute atomic E-state index is 0.0848. The van der Waals surface area contributed by atoms with E-state index in [-0.39, 0.29) is 11.9 Å². The Bertz CT molecular complexity index is 645. The van der Waals surface area contributed by atoms with Gasteiger partial charge in [0, 0.05) is 33.1 Å². The third kappa shape index (κ3) is 2.23. The van der Waals surface area contributed by atoms with Crippen LogP contribution < -0.4 is 0 Å². The molecule has 0 N–H and O–H groups in total. The van der Waals surface area contributed by atoms with Crippen molar-refractivity contribution < 1.29 is 14.0 Å². The Morgan fingerprint density at radius 1 is 1.17 bits per heavy atom. The SMILES string of the molecule is CN1C(=O)N(C)C2(CCN(Cc3nnc(C4CC4)o3)CC2)C1=O. The van der Waals surface area contributed by atoms with Crippen molar-refractivity contribution >= 4 is 11.9 Å². The Morgan fingerprint density at radius 3 is 2.43 bits per heavy atom. The molecule has 2 saturated heterocycles. The van der Waals surface area contributed by atoms with Crippen molar-refractivity contribution in [3.63, 3.8) is 0 Å². The largest absolute Gasteiger partial charge is 0.424 e. The number of piperidine rings is 1. The summed E-state index contributed by atoms with van der Waals surface area (Å²) in [5.74, 6) is 1.78. The number of carbonyl (C=O) groups excluding carboxylic acids is 2. The van der Waals surface area contributed by atoms with Crippen molar-refractivity contribution in [2.45, 2.75) is 43.7 Å². The zero-order valence-corrected chi connectivity index (χ0v) is 13.5. The van der Waals surface area contributed by atoms with E-state index in [2.05, 4.69) is 15.1 Å². The van der Waals surface area contributed by atoms with Gasteiger partial charge in [0.2, 0.25) is 11.8 Å². The van der Waals surface area contributed by atoms with Gasteiger partial charge in [-0.1, -0.05) is 0 Å². The molecule has 1 saturated carbocycles. The van der Waals surface area contributed by atoms with Gasteiger partial charge in [0.15, 0.2) is 0 Å². The molecule has 0 aromatic carbocycles. The van der Waals surface area contributed by atoms with Crippen LogP contribution in [0.5, 0.6) is 0 Å². The number of rotatable bonds is 3. The normalized spacial score (nSPS) is 25.0. The van der Waals surface area contributed by atoms with Gasteiger partial charge in [0.25, 0.3) is 5.91 Å². The molecule has 1 spiro atoms. The average Bonchev–Trinajstić information content (AvgIpc) is 3.30. The van der Waals surface area contributed by atoms with Crippen LogP contribution in [0.25, 0.3) is 0 Å². The van der Waals surface area contributed by atoms with Crippen LogP contribution >= 0.6 is 0 Å². The minimum atomic E-state index is -0.670.